The van der Waals surface area contributed by atoms with E-state index in [1.807, 2.05) is 12.1 Å². The minimum absolute atomic E-state index is 0.0678. The van der Waals surface area contributed by atoms with Crippen LogP contribution in [-0.2, 0) is 11.2 Å². The predicted molar refractivity (Wildman–Crippen MR) is 124 cm³/mol. The normalized spacial score (nSPS) is 11.0. The quantitative estimate of drug-likeness (QED) is 0.316. The largest absolute Gasteiger partial charge is 0.496 e. The monoisotopic (exact) mass is 498 g/mol. The summed E-state index contributed by atoms with van der Waals surface area (Å²) in [4.78, 5) is 12.5. The van der Waals surface area contributed by atoms with Gasteiger partial charge in [0, 0.05) is 27.2 Å². The third kappa shape index (κ3) is 5.94. The molecule has 0 aliphatic heterocycles. The van der Waals surface area contributed by atoms with Crippen molar-refractivity contribution in [2.45, 2.75) is 6.42 Å². The Hall–Kier alpha value is -3.14. The van der Waals surface area contributed by atoms with E-state index in [1.165, 1.54) is 25.3 Å². The molecule has 0 saturated carbocycles. The van der Waals surface area contributed by atoms with E-state index >= 15 is 0 Å². The molecule has 0 spiro atoms. The number of ether oxygens (including phenoxy) is 1. The molecule has 3 aromatic rings. The number of rotatable bonds is 6. The number of hydrogen-bond donors (Lipinski definition) is 1. The lowest BCUT2D eigenvalue weighted by Gasteiger charge is -2.13. The van der Waals surface area contributed by atoms with Crippen LogP contribution in [0.2, 0.25) is 5.02 Å². The van der Waals surface area contributed by atoms with Crippen molar-refractivity contribution in [3.8, 4) is 11.8 Å². The molecule has 3 aromatic carbocycles. The van der Waals surface area contributed by atoms with E-state index in [2.05, 4.69) is 21.2 Å². The predicted octanol–water partition coefficient (Wildman–Crippen LogP) is 6.39. The Morgan fingerprint density at radius 2 is 1.97 bits per heavy atom. The molecule has 0 atom stereocenters. The SMILES string of the molecule is COc1cc(/C=C(\C#N)C(=O)Nc2ccc(Cl)cc2)cc(Br)c1Cc1cccc(F)c1. The van der Waals surface area contributed by atoms with Crippen LogP contribution in [0.5, 0.6) is 5.75 Å². The Balaban J connectivity index is 1.88. The summed E-state index contributed by atoms with van der Waals surface area (Å²) in [6, 6.07) is 18.4. The van der Waals surface area contributed by atoms with Gasteiger partial charge < -0.3 is 10.1 Å². The number of amides is 1. The number of hydrogen-bond acceptors (Lipinski definition) is 3. The van der Waals surface area contributed by atoms with Gasteiger partial charge in [0.05, 0.1) is 7.11 Å². The highest BCUT2D eigenvalue weighted by atomic mass is 79.9. The fourth-order valence-corrected chi connectivity index (χ4v) is 3.69. The third-order valence-corrected chi connectivity index (χ3v) is 5.40. The van der Waals surface area contributed by atoms with Crippen molar-refractivity contribution in [3.63, 3.8) is 0 Å². The number of nitrogens with one attached hydrogen (secondary N) is 1. The van der Waals surface area contributed by atoms with Gasteiger partial charge in [0.1, 0.15) is 23.2 Å². The molecule has 0 radical (unpaired) electrons. The Bertz CT molecular complexity index is 1190. The molecule has 0 unspecified atom stereocenters. The summed E-state index contributed by atoms with van der Waals surface area (Å²) in [5.74, 6) is -0.290. The van der Waals surface area contributed by atoms with Gasteiger partial charge in [-0.25, -0.2) is 4.39 Å². The summed E-state index contributed by atoms with van der Waals surface area (Å²) in [5, 5.41) is 12.7. The lowest BCUT2D eigenvalue weighted by atomic mass is 10.0. The van der Waals surface area contributed by atoms with Crippen molar-refractivity contribution in [1.82, 2.24) is 0 Å². The van der Waals surface area contributed by atoms with Crippen LogP contribution in [0, 0.1) is 17.1 Å². The molecule has 1 N–H and O–H groups in total. The van der Waals surface area contributed by atoms with Gasteiger partial charge in [0.15, 0.2) is 0 Å². The maximum Gasteiger partial charge on any atom is 0.266 e. The summed E-state index contributed by atoms with van der Waals surface area (Å²) in [5.41, 5.74) is 2.69. The highest BCUT2D eigenvalue weighted by molar-refractivity contribution is 9.10. The van der Waals surface area contributed by atoms with E-state index in [0.29, 0.717) is 28.4 Å². The molecule has 7 heteroatoms. The van der Waals surface area contributed by atoms with E-state index in [9.17, 15) is 14.4 Å². The van der Waals surface area contributed by atoms with Gasteiger partial charge in [-0.15, -0.1) is 0 Å². The summed E-state index contributed by atoms with van der Waals surface area (Å²) in [7, 11) is 1.53. The number of benzene rings is 3. The molecular weight excluding hydrogens is 483 g/mol. The fraction of sp³-hybridized carbons (Fsp3) is 0.0833. The topological polar surface area (TPSA) is 62.1 Å². The Labute approximate surface area is 193 Å². The second-order valence-corrected chi connectivity index (χ2v) is 7.91. The van der Waals surface area contributed by atoms with E-state index in [0.717, 1.165) is 15.6 Å². The molecule has 156 valence electrons. The summed E-state index contributed by atoms with van der Waals surface area (Å²) in [6.07, 6.45) is 1.93. The van der Waals surface area contributed by atoms with Gasteiger partial charge in [-0.05, 0) is 65.7 Å². The van der Waals surface area contributed by atoms with Crippen LogP contribution in [0.3, 0.4) is 0 Å². The van der Waals surface area contributed by atoms with Crippen LogP contribution in [0.15, 0.2) is 70.7 Å². The van der Waals surface area contributed by atoms with Gasteiger partial charge >= 0.3 is 0 Å². The minimum Gasteiger partial charge on any atom is -0.496 e. The molecule has 0 saturated heterocycles. The van der Waals surface area contributed by atoms with Crippen LogP contribution >= 0.6 is 27.5 Å². The molecule has 0 aliphatic carbocycles. The maximum atomic E-state index is 13.5. The van der Waals surface area contributed by atoms with Crippen molar-refractivity contribution in [1.29, 1.82) is 5.26 Å². The summed E-state index contributed by atoms with van der Waals surface area (Å²) >= 11 is 9.37. The number of carbonyl (C=O) groups excluding carboxylic acids is 1. The van der Waals surface area contributed by atoms with E-state index in [1.54, 1.807) is 42.5 Å². The van der Waals surface area contributed by atoms with Crippen molar-refractivity contribution in [2.24, 2.45) is 0 Å². The first-order chi connectivity index (χ1) is 14.9. The molecule has 0 heterocycles. The number of halogens is 3. The summed E-state index contributed by atoms with van der Waals surface area (Å²) < 4.78 is 19.7. The zero-order chi connectivity index (χ0) is 22.4. The van der Waals surface area contributed by atoms with E-state index < -0.39 is 5.91 Å². The van der Waals surface area contributed by atoms with Gasteiger partial charge in [0.25, 0.3) is 5.91 Å². The van der Waals surface area contributed by atoms with Crippen LogP contribution in [-0.4, -0.2) is 13.0 Å². The maximum absolute atomic E-state index is 13.5. The first-order valence-corrected chi connectivity index (χ1v) is 10.4. The number of anilines is 1. The first-order valence-electron chi connectivity index (χ1n) is 9.19. The van der Waals surface area contributed by atoms with Gasteiger partial charge in [0.2, 0.25) is 0 Å². The van der Waals surface area contributed by atoms with Crippen LogP contribution < -0.4 is 10.1 Å². The number of carbonyl (C=O) groups is 1. The van der Waals surface area contributed by atoms with Crippen molar-refractivity contribution in [2.75, 3.05) is 12.4 Å². The average Bonchev–Trinajstić information content (AvgIpc) is 2.75. The van der Waals surface area contributed by atoms with Crippen LogP contribution in [0.25, 0.3) is 6.08 Å². The highest BCUT2D eigenvalue weighted by Crippen LogP contribution is 2.32. The van der Waals surface area contributed by atoms with Gasteiger partial charge in [-0.2, -0.15) is 5.26 Å². The molecule has 31 heavy (non-hydrogen) atoms. The first kappa shape index (κ1) is 22.5. The molecule has 0 fully saturated rings. The molecule has 0 aliphatic rings. The second kappa shape index (κ2) is 10.3. The van der Waals surface area contributed by atoms with Crippen LogP contribution in [0.1, 0.15) is 16.7 Å². The fourth-order valence-electron chi connectivity index (χ4n) is 2.97. The van der Waals surface area contributed by atoms with Gasteiger partial charge in [-0.3, -0.25) is 4.79 Å². The second-order valence-electron chi connectivity index (χ2n) is 6.62. The molecular formula is C24H17BrClFN2O2. The zero-order valence-electron chi connectivity index (χ0n) is 16.5. The van der Waals surface area contributed by atoms with Crippen molar-refractivity contribution in [3.05, 3.63) is 98.2 Å². The van der Waals surface area contributed by atoms with Gasteiger partial charge in [-0.1, -0.05) is 39.7 Å². The molecule has 3 rings (SSSR count). The van der Waals surface area contributed by atoms with Crippen molar-refractivity contribution >= 4 is 45.2 Å². The van der Waals surface area contributed by atoms with Crippen molar-refractivity contribution < 1.29 is 13.9 Å². The Kier molecular flexibility index (Phi) is 7.45. The smallest absolute Gasteiger partial charge is 0.266 e. The standard InChI is InChI=1S/C24H17BrClFN2O2/c1-31-23-13-16(12-22(25)21(23)11-15-3-2-4-19(27)10-15)9-17(14-28)24(30)29-20-7-5-18(26)6-8-20/h2-10,12-13H,11H2,1H3,(H,29,30)/b17-9+. The minimum atomic E-state index is -0.538. The van der Waals surface area contributed by atoms with Crippen LogP contribution in [0.4, 0.5) is 10.1 Å². The zero-order valence-corrected chi connectivity index (χ0v) is 18.8. The number of nitriles is 1. The lowest BCUT2D eigenvalue weighted by molar-refractivity contribution is -0.112. The molecule has 4 nitrogen and oxygen atoms in total. The Morgan fingerprint density at radius 1 is 1.23 bits per heavy atom. The number of methoxy groups -OCH3 is 1. The lowest BCUT2D eigenvalue weighted by Crippen LogP contribution is -2.13. The Morgan fingerprint density at radius 3 is 2.61 bits per heavy atom. The highest BCUT2D eigenvalue weighted by Gasteiger charge is 2.14. The van der Waals surface area contributed by atoms with E-state index in [4.69, 9.17) is 16.3 Å². The van der Waals surface area contributed by atoms with E-state index in [-0.39, 0.29) is 11.4 Å². The molecule has 1 amide bonds. The molecule has 0 bridgehead atoms. The molecule has 0 aromatic heterocycles. The number of nitrogens with zero attached hydrogens (tertiary/aromatic N) is 1. The summed E-state index contributed by atoms with van der Waals surface area (Å²) in [6.45, 7) is 0. The average molecular weight is 500 g/mol. The third-order valence-electron chi connectivity index (χ3n) is 4.44.